The van der Waals surface area contributed by atoms with Gasteiger partial charge in [0.1, 0.15) is 17.3 Å². The average molecular weight is 893 g/mol. The van der Waals surface area contributed by atoms with Gasteiger partial charge in [-0.15, -0.1) is 0 Å². The Morgan fingerprint density at radius 2 is 1.58 bits per heavy atom. The highest BCUT2D eigenvalue weighted by molar-refractivity contribution is 8.03. The monoisotopic (exact) mass is 892 g/mol. The number of aromatic nitrogens is 3. The van der Waals surface area contributed by atoms with Crippen molar-refractivity contribution in [3.8, 4) is 0 Å². The Labute approximate surface area is 370 Å². The number of β-lactam (4-membered cyclic amide) rings is 1. The van der Waals surface area contributed by atoms with Gasteiger partial charge in [-0.25, -0.2) is 9.59 Å². The van der Waals surface area contributed by atoms with Gasteiger partial charge in [-0.05, 0) is 45.7 Å². The molecule has 0 radical (unpaired) electrons. The zero-order valence-electron chi connectivity index (χ0n) is 34.0. The summed E-state index contributed by atoms with van der Waals surface area (Å²) in [5, 5.41) is 20.6. The van der Waals surface area contributed by atoms with Gasteiger partial charge >= 0.3 is 12.1 Å². The summed E-state index contributed by atoms with van der Waals surface area (Å²) in [6.45, 7) is 5.78. The summed E-state index contributed by atoms with van der Waals surface area (Å²) in [6.07, 6.45) is 1.88. The average Bonchev–Trinajstić information content (AvgIpc) is 3.70. The van der Waals surface area contributed by atoms with Crippen LogP contribution >= 0.6 is 35.1 Å². The van der Waals surface area contributed by atoms with Gasteiger partial charge in [0, 0.05) is 62.3 Å². The lowest BCUT2D eigenvalue weighted by atomic mass is 9.80. The van der Waals surface area contributed by atoms with E-state index in [1.54, 1.807) is 44.8 Å². The van der Waals surface area contributed by atoms with Crippen LogP contribution in [-0.4, -0.2) is 83.9 Å². The Bertz CT molecular complexity index is 2380. The summed E-state index contributed by atoms with van der Waals surface area (Å²) in [5.41, 5.74) is 6.49. The Hall–Kier alpha value is -6.24. The van der Waals surface area contributed by atoms with Gasteiger partial charge in [0.25, 0.3) is 11.8 Å². The highest BCUT2D eigenvalue weighted by Gasteiger charge is 2.54. The van der Waals surface area contributed by atoms with E-state index in [0.29, 0.717) is 35.8 Å². The SMILES string of the molecule is CC(C)(C)OC(=O)NCCSCc1ncccc1SC1=C(C(=O)O)N2C(=O)[C@@H](NC(=O)C(=NOC(c3ccccc3)(c3ccccc3)c3ccccc3)c3nsc(N)n3)[C@H]2CC1. The first kappa shape index (κ1) is 43.8. The predicted octanol–water partition coefficient (Wildman–Crippen LogP) is 6.56. The first-order valence-corrected chi connectivity index (χ1v) is 22.4. The van der Waals surface area contributed by atoms with Crippen molar-refractivity contribution in [2.75, 3.05) is 18.0 Å². The van der Waals surface area contributed by atoms with Crippen molar-refractivity contribution in [1.82, 2.24) is 29.9 Å². The smallest absolute Gasteiger partial charge is 0.407 e. The quantitative estimate of drug-likeness (QED) is 0.0272. The lowest BCUT2D eigenvalue weighted by Gasteiger charge is -2.50. The number of nitrogens with zero attached hydrogens (tertiary/aromatic N) is 5. The maximum absolute atomic E-state index is 14.3. The number of hydrogen-bond donors (Lipinski definition) is 4. The fourth-order valence-electron chi connectivity index (χ4n) is 7.11. The highest BCUT2D eigenvalue weighted by Crippen LogP contribution is 2.44. The number of nitrogen functional groups attached to an aromatic ring is 1. The molecule has 15 nitrogen and oxygen atoms in total. The van der Waals surface area contributed by atoms with Crippen LogP contribution in [0.25, 0.3) is 0 Å². The summed E-state index contributed by atoms with van der Waals surface area (Å²) in [6, 6.07) is 30.3. The third-order valence-electron chi connectivity index (χ3n) is 9.80. The van der Waals surface area contributed by atoms with Crippen LogP contribution in [0.4, 0.5) is 9.93 Å². The van der Waals surface area contributed by atoms with E-state index in [0.717, 1.165) is 38.8 Å². The van der Waals surface area contributed by atoms with E-state index in [2.05, 4.69) is 30.1 Å². The number of fused-ring (bicyclic) bond motifs is 1. The number of thioether (sulfide) groups is 2. The Morgan fingerprint density at radius 1 is 0.952 bits per heavy atom. The molecule has 320 valence electrons. The number of carboxylic acids is 1. The summed E-state index contributed by atoms with van der Waals surface area (Å²) in [5.74, 6) is -1.65. The van der Waals surface area contributed by atoms with Crippen LogP contribution in [0.15, 0.2) is 130 Å². The van der Waals surface area contributed by atoms with Crippen molar-refractivity contribution in [1.29, 1.82) is 0 Å². The van der Waals surface area contributed by atoms with Gasteiger partial charge in [-0.3, -0.25) is 19.5 Å². The Morgan fingerprint density at radius 3 is 2.15 bits per heavy atom. The molecule has 1 saturated heterocycles. The molecule has 0 aliphatic carbocycles. The molecule has 3 aromatic carbocycles. The molecular formula is C44H44N8O7S3. The summed E-state index contributed by atoms with van der Waals surface area (Å²) in [4.78, 5) is 70.9. The van der Waals surface area contributed by atoms with Crippen molar-refractivity contribution in [3.05, 3.63) is 148 Å². The molecule has 7 rings (SSSR count). The van der Waals surface area contributed by atoms with E-state index in [1.165, 1.54) is 16.7 Å². The normalized spacial score (nSPS) is 16.5. The van der Waals surface area contributed by atoms with Gasteiger partial charge in [0.05, 0.1) is 11.7 Å². The van der Waals surface area contributed by atoms with Crippen molar-refractivity contribution in [2.45, 2.75) is 67.5 Å². The van der Waals surface area contributed by atoms with Gasteiger partial charge in [-0.2, -0.15) is 21.1 Å². The Balaban J connectivity index is 1.10. The van der Waals surface area contributed by atoms with Crippen LogP contribution in [0.1, 0.15) is 61.8 Å². The second kappa shape index (κ2) is 19.2. The first-order chi connectivity index (χ1) is 29.9. The minimum absolute atomic E-state index is 0.0888. The second-order valence-corrected chi connectivity index (χ2v) is 18.2. The number of benzene rings is 3. The molecule has 0 bridgehead atoms. The number of nitrogens with one attached hydrogen (secondary N) is 2. The molecule has 62 heavy (non-hydrogen) atoms. The molecule has 18 heteroatoms. The highest BCUT2D eigenvalue weighted by atomic mass is 32.2. The first-order valence-electron chi connectivity index (χ1n) is 19.6. The number of hydrogen-bond acceptors (Lipinski definition) is 14. The van der Waals surface area contributed by atoms with E-state index in [1.807, 2.05) is 97.1 Å². The topological polar surface area (TPSA) is 211 Å². The standard InChI is InChI=1S/C44H44N8O7S3/c1-43(2,3)58-42(57)47-24-25-60-26-30-32(20-13-23-46-30)61-33-22-21-31-34(39(54)52(31)36(33)40(55)56)48-38(53)35(37-49-41(45)62-51-37)50-59-44(27-14-7-4-8-15-27,28-16-9-5-10-17-28)29-18-11-6-12-19-29/h4-20,23,31,34H,21-22,24-26H2,1-3H3,(H,47,57)(H,48,53)(H,55,56)(H2,45,49,51)/t31-,34+/m1/s1. The molecule has 2 aliphatic rings. The molecule has 5 aromatic rings. The number of nitrogens with two attached hydrogens (primary N) is 1. The molecule has 0 spiro atoms. The van der Waals surface area contributed by atoms with E-state index >= 15 is 0 Å². The molecule has 4 heterocycles. The molecular weight excluding hydrogens is 849 g/mol. The van der Waals surface area contributed by atoms with Crippen LogP contribution < -0.4 is 16.4 Å². The second-order valence-electron chi connectivity index (χ2n) is 15.1. The van der Waals surface area contributed by atoms with Crippen molar-refractivity contribution in [2.24, 2.45) is 5.16 Å². The summed E-state index contributed by atoms with van der Waals surface area (Å²) >= 11 is 3.68. The number of oxime groups is 1. The fourth-order valence-corrected chi connectivity index (χ4v) is 9.61. The van der Waals surface area contributed by atoms with E-state index < -0.39 is 47.2 Å². The molecule has 2 aliphatic heterocycles. The number of carbonyl (C=O) groups is 4. The maximum atomic E-state index is 14.3. The number of ether oxygens (including phenoxy) is 1. The number of alkyl carbamates (subject to hydrolysis) is 1. The number of carbonyl (C=O) groups excluding carboxylic acids is 3. The van der Waals surface area contributed by atoms with E-state index in [9.17, 15) is 24.3 Å². The molecule has 3 amide bonds. The van der Waals surface area contributed by atoms with Gasteiger partial charge in [0.2, 0.25) is 17.1 Å². The number of carboxylic acid groups (broad SMARTS) is 1. The van der Waals surface area contributed by atoms with E-state index in [-0.39, 0.29) is 22.4 Å². The van der Waals surface area contributed by atoms with Crippen molar-refractivity contribution >= 4 is 69.8 Å². The number of aliphatic carboxylic acids is 1. The number of allylic oxidation sites excluding steroid dienone is 1. The minimum atomic E-state index is -1.34. The minimum Gasteiger partial charge on any atom is -0.477 e. The number of rotatable bonds is 16. The summed E-state index contributed by atoms with van der Waals surface area (Å²) in [7, 11) is 0. The summed E-state index contributed by atoms with van der Waals surface area (Å²) < 4.78 is 9.55. The zero-order valence-corrected chi connectivity index (χ0v) is 36.5. The maximum Gasteiger partial charge on any atom is 0.407 e. The van der Waals surface area contributed by atoms with Gasteiger partial charge in [0.15, 0.2) is 5.13 Å². The molecule has 2 aromatic heterocycles. The largest absolute Gasteiger partial charge is 0.477 e. The van der Waals surface area contributed by atoms with Crippen LogP contribution in [0, 0.1) is 0 Å². The third kappa shape index (κ3) is 9.77. The lowest BCUT2D eigenvalue weighted by Crippen LogP contribution is -2.72. The molecule has 2 atom stereocenters. The molecule has 0 saturated carbocycles. The van der Waals surface area contributed by atoms with Crippen molar-refractivity contribution < 1.29 is 33.9 Å². The molecule has 0 unspecified atom stereocenters. The Kier molecular flexibility index (Phi) is 13.6. The van der Waals surface area contributed by atoms with Crippen molar-refractivity contribution in [3.63, 3.8) is 0 Å². The molecule has 5 N–H and O–H groups in total. The van der Waals surface area contributed by atoms with Crippen LogP contribution in [0.5, 0.6) is 0 Å². The van der Waals surface area contributed by atoms with Crippen LogP contribution in [0.3, 0.4) is 0 Å². The number of amides is 3. The van der Waals surface area contributed by atoms with E-state index in [4.69, 9.17) is 15.3 Å². The molecule has 1 fully saturated rings. The number of pyridine rings is 1. The third-order valence-corrected chi connectivity index (χ3v) is 12.5. The fraction of sp³-hybridized carbons (Fsp3) is 0.273. The predicted molar refractivity (Wildman–Crippen MR) is 238 cm³/mol. The van der Waals surface area contributed by atoms with Crippen LogP contribution in [-0.2, 0) is 35.3 Å². The van der Waals surface area contributed by atoms with Gasteiger partial charge < -0.3 is 31.0 Å². The zero-order chi connectivity index (χ0) is 43.9. The van der Waals surface area contributed by atoms with Crippen LogP contribution in [0.2, 0.25) is 0 Å². The van der Waals surface area contributed by atoms with Gasteiger partial charge in [-0.1, -0.05) is 108 Å². The number of anilines is 1. The lowest BCUT2D eigenvalue weighted by molar-refractivity contribution is -0.155.